The van der Waals surface area contributed by atoms with Crippen molar-refractivity contribution in [1.82, 2.24) is 4.90 Å². The maximum absolute atomic E-state index is 12.8. The molecule has 1 aromatic carbocycles. The van der Waals surface area contributed by atoms with Crippen LogP contribution in [0.25, 0.3) is 11.0 Å². The summed E-state index contributed by atoms with van der Waals surface area (Å²) in [6.45, 7) is 0. The minimum atomic E-state index is -0.611. The Kier molecular flexibility index (Phi) is 3.03. The molecule has 2 saturated heterocycles. The van der Waals surface area contributed by atoms with Crippen LogP contribution in [0.2, 0.25) is 5.02 Å². The molecule has 0 aliphatic carbocycles. The van der Waals surface area contributed by atoms with E-state index >= 15 is 0 Å². The number of rotatable bonds is 1. The molecule has 2 aromatic rings. The van der Waals surface area contributed by atoms with Crippen LogP contribution in [0.5, 0.6) is 0 Å². The van der Waals surface area contributed by atoms with Crippen LogP contribution < -0.4 is 11.4 Å². The van der Waals surface area contributed by atoms with Gasteiger partial charge in [0, 0.05) is 28.5 Å². The first-order valence-corrected chi connectivity index (χ1v) is 7.74. The number of fused-ring (bicyclic) bond motifs is 3. The van der Waals surface area contributed by atoms with Crippen LogP contribution in [0.1, 0.15) is 29.6 Å². The number of halogens is 1. The SMILES string of the molecule is N[C@H]1C[C@H]2CC[C@@H]1N2C(=O)c1cc2cc(Cl)ccc2oc1=O. The molecule has 2 aliphatic heterocycles. The number of nitrogens with zero attached hydrogens (tertiary/aromatic N) is 1. The molecule has 3 heterocycles. The molecule has 0 spiro atoms. The van der Waals surface area contributed by atoms with Gasteiger partial charge < -0.3 is 15.1 Å². The summed E-state index contributed by atoms with van der Waals surface area (Å²) in [5.74, 6) is -0.281. The number of carbonyl (C=O) groups is 1. The number of nitrogens with two attached hydrogens (primary N) is 1. The monoisotopic (exact) mass is 318 g/mol. The highest BCUT2D eigenvalue weighted by Gasteiger charge is 2.47. The Morgan fingerprint density at radius 2 is 2.14 bits per heavy atom. The number of amides is 1. The quantitative estimate of drug-likeness (QED) is 0.817. The Balaban J connectivity index is 1.79. The fraction of sp³-hybridized carbons (Fsp3) is 0.375. The highest BCUT2D eigenvalue weighted by Crippen LogP contribution is 2.37. The Hall–Kier alpha value is -1.85. The van der Waals surface area contributed by atoms with Gasteiger partial charge in [-0.1, -0.05) is 11.6 Å². The molecule has 3 atom stereocenters. The zero-order chi connectivity index (χ0) is 15.4. The average molecular weight is 319 g/mol. The maximum Gasteiger partial charge on any atom is 0.349 e. The predicted molar refractivity (Wildman–Crippen MR) is 83.1 cm³/mol. The molecule has 4 rings (SSSR count). The molecular formula is C16H15ClN2O3. The van der Waals surface area contributed by atoms with E-state index in [2.05, 4.69) is 0 Å². The van der Waals surface area contributed by atoms with Crippen molar-refractivity contribution in [2.75, 3.05) is 0 Å². The van der Waals surface area contributed by atoms with E-state index in [0.717, 1.165) is 19.3 Å². The summed E-state index contributed by atoms with van der Waals surface area (Å²) >= 11 is 5.96. The standard InChI is InChI=1S/C16H15ClN2O3/c17-9-1-4-14-8(5-9)6-11(16(21)22-14)15(20)19-10-2-3-13(19)12(18)7-10/h1,4-6,10,12-13H,2-3,7,18H2/t10-,12+,13+/m1/s1. The van der Waals surface area contributed by atoms with Crippen molar-refractivity contribution in [1.29, 1.82) is 0 Å². The average Bonchev–Trinajstić information content (AvgIpc) is 3.03. The van der Waals surface area contributed by atoms with Gasteiger partial charge in [-0.15, -0.1) is 0 Å². The van der Waals surface area contributed by atoms with Crippen LogP contribution >= 0.6 is 11.6 Å². The molecule has 2 N–H and O–H groups in total. The second-order valence-corrected chi connectivity index (χ2v) is 6.48. The maximum atomic E-state index is 12.8. The lowest BCUT2D eigenvalue weighted by atomic mass is 9.97. The molecule has 114 valence electrons. The Bertz CT molecular complexity index is 832. The van der Waals surface area contributed by atoms with E-state index in [4.69, 9.17) is 21.8 Å². The van der Waals surface area contributed by atoms with E-state index in [0.29, 0.717) is 16.0 Å². The summed E-state index contributed by atoms with van der Waals surface area (Å²) in [6.07, 6.45) is 2.66. The Labute approximate surface area is 131 Å². The van der Waals surface area contributed by atoms with Gasteiger partial charge in [0.25, 0.3) is 5.91 Å². The molecule has 5 nitrogen and oxygen atoms in total. The van der Waals surface area contributed by atoms with Crippen LogP contribution in [0.4, 0.5) is 0 Å². The summed E-state index contributed by atoms with van der Waals surface area (Å²) < 4.78 is 5.25. The molecule has 0 radical (unpaired) electrons. The summed E-state index contributed by atoms with van der Waals surface area (Å²) in [6, 6.07) is 6.70. The fourth-order valence-electron chi connectivity index (χ4n) is 3.73. The summed E-state index contributed by atoms with van der Waals surface area (Å²) in [5.41, 5.74) is 5.93. The van der Waals surface area contributed by atoms with Gasteiger partial charge in [0.15, 0.2) is 0 Å². The third-order valence-corrected chi connectivity index (χ3v) is 4.98. The zero-order valence-corrected chi connectivity index (χ0v) is 12.5. The summed E-state index contributed by atoms with van der Waals surface area (Å²) in [4.78, 5) is 26.7. The van der Waals surface area contributed by atoms with Gasteiger partial charge in [-0.2, -0.15) is 0 Å². The first-order chi connectivity index (χ1) is 10.5. The van der Waals surface area contributed by atoms with E-state index in [1.54, 1.807) is 29.2 Å². The van der Waals surface area contributed by atoms with E-state index in [9.17, 15) is 9.59 Å². The number of carbonyl (C=O) groups excluding carboxylic acids is 1. The van der Waals surface area contributed by atoms with Crippen molar-refractivity contribution in [2.24, 2.45) is 5.73 Å². The molecule has 1 amide bonds. The van der Waals surface area contributed by atoms with E-state index in [-0.39, 0.29) is 29.6 Å². The largest absolute Gasteiger partial charge is 0.422 e. The van der Waals surface area contributed by atoms with Gasteiger partial charge in [0.05, 0.1) is 0 Å². The molecule has 6 heteroatoms. The first-order valence-electron chi connectivity index (χ1n) is 7.36. The summed E-state index contributed by atoms with van der Waals surface area (Å²) in [7, 11) is 0. The van der Waals surface area contributed by atoms with E-state index in [1.807, 2.05) is 0 Å². The third kappa shape index (κ3) is 1.96. The van der Waals surface area contributed by atoms with Crippen molar-refractivity contribution < 1.29 is 9.21 Å². The Morgan fingerprint density at radius 1 is 1.32 bits per heavy atom. The minimum absolute atomic E-state index is 0.00430. The van der Waals surface area contributed by atoms with Gasteiger partial charge in [-0.05, 0) is 43.5 Å². The lowest BCUT2D eigenvalue weighted by Crippen LogP contribution is -2.41. The van der Waals surface area contributed by atoms with Crippen LogP contribution in [-0.4, -0.2) is 28.9 Å². The normalized spacial score (nSPS) is 26.8. The van der Waals surface area contributed by atoms with Gasteiger partial charge in [-0.25, -0.2) is 4.79 Å². The molecular weight excluding hydrogens is 304 g/mol. The van der Waals surface area contributed by atoms with E-state index < -0.39 is 5.63 Å². The predicted octanol–water partition coefficient (Wildman–Crippen LogP) is 2.15. The lowest BCUT2D eigenvalue weighted by Gasteiger charge is -2.22. The second kappa shape index (κ2) is 4.83. The van der Waals surface area contributed by atoms with Crippen LogP contribution in [-0.2, 0) is 0 Å². The Morgan fingerprint density at radius 3 is 2.82 bits per heavy atom. The minimum Gasteiger partial charge on any atom is -0.422 e. The smallest absolute Gasteiger partial charge is 0.349 e. The highest BCUT2D eigenvalue weighted by atomic mass is 35.5. The fourth-order valence-corrected chi connectivity index (χ4v) is 3.91. The molecule has 1 aromatic heterocycles. The van der Waals surface area contributed by atoms with Crippen molar-refractivity contribution in [2.45, 2.75) is 37.4 Å². The van der Waals surface area contributed by atoms with Crippen molar-refractivity contribution >= 4 is 28.5 Å². The van der Waals surface area contributed by atoms with Crippen molar-refractivity contribution in [3.8, 4) is 0 Å². The molecule has 0 unspecified atom stereocenters. The van der Waals surface area contributed by atoms with Gasteiger partial charge in [0.2, 0.25) is 0 Å². The summed E-state index contributed by atoms with van der Waals surface area (Å²) in [5, 5.41) is 1.18. The number of hydrogen-bond donors (Lipinski definition) is 1. The molecule has 2 bridgehead atoms. The highest BCUT2D eigenvalue weighted by molar-refractivity contribution is 6.31. The van der Waals surface area contributed by atoms with Crippen molar-refractivity contribution in [3.63, 3.8) is 0 Å². The van der Waals surface area contributed by atoms with Gasteiger partial charge in [0.1, 0.15) is 11.1 Å². The van der Waals surface area contributed by atoms with Gasteiger partial charge in [-0.3, -0.25) is 4.79 Å². The van der Waals surface area contributed by atoms with Crippen molar-refractivity contribution in [3.05, 3.63) is 45.3 Å². The van der Waals surface area contributed by atoms with Gasteiger partial charge >= 0.3 is 5.63 Å². The third-order valence-electron chi connectivity index (χ3n) is 4.74. The topological polar surface area (TPSA) is 76.5 Å². The molecule has 2 fully saturated rings. The van der Waals surface area contributed by atoms with Crippen LogP contribution in [0.15, 0.2) is 33.5 Å². The van der Waals surface area contributed by atoms with E-state index in [1.165, 1.54) is 0 Å². The second-order valence-electron chi connectivity index (χ2n) is 6.04. The number of benzene rings is 1. The first kappa shape index (κ1) is 13.8. The molecule has 22 heavy (non-hydrogen) atoms. The number of hydrogen-bond acceptors (Lipinski definition) is 4. The van der Waals surface area contributed by atoms with Crippen LogP contribution in [0.3, 0.4) is 0 Å². The molecule has 0 saturated carbocycles. The van der Waals surface area contributed by atoms with Crippen LogP contribution in [0, 0.1) is 0 Å². The lowest BCUT2D eigenvalue weighted by molar-refractivity contribution is 0.0722. The molecule has 2 aliphatic rings. The zero-order valence-electron chi connectivity index (χ0n) is 11.8.